The predicted octanol–water partition coefficient (Wildman–Crippen LogP) is 4.17. The maximum absolute atomic E-state index is 13.5. The minimum Gasteiger partial charge on any atom is -0.468 e. The normalized spacial score (nSPS) is 10.9. The SMILES string of the molecule is C=CCCC(CCC=C)(C(=O)OC)c1cccc(F)c1. The number of hydrogen-bond donors (Lipinski definition) is 0. The molecule has 0 heterocycles. The van der Waals surface area contributed by atoms with Gasteiger partial charge in [0.2, 0.25) is 0 Å². The van der Waals surface area contributed by atoms with Crippen LogP contribution in [0.2, 0.25) is 0 Å². The number of carbonyl (C=O) groups excluding carboxylic acids is 1. The van der Waals surface area contributed by atoms with Crippen molar-refractivity contribution in [3.05, 3.63) is 61.0 Å². The first-order valence-corrected chi connectivity index (χ1v) is 6.67. The summed E-state index contributed by atoms with van der Waals surface area (Å²) in [6, 6.07) is 6.16. The van der Waals surface area contributed by atoms with Crippen LogP contribution in [0.4, 0.5) is 4.39 Å². The van der Waals surface area contributed by atoms with Gasteiger partial charge in [-0.05, 0) is 43.4 Å². The van der Waals surface area contributed by atoms with Crippen LogP contribution < -0.4 is 0 Å². The van der Waals surface area contributed by atoms with Crippen molar-refractivity contribution in [2.75, 3.05) is 7.11 Å². The summed E-state index contributed by atoms with van der Waals surface area (Å²) in [5.74, 6) is -0.695. The molecule has 1 aromatic rings. The summed E-state index contributed by atoms with van der Waals surface area (Å²) in [5.41, 5.74) is -0.202. The van der Waals surface area contributed by atoms with E-state index in [1.54, 1.807) is 24.3 Å². The Morgan fingerprint density at radius 2 is 1.90 bits per heavy atom. The Balaban J connectivity index is 3.29. The van der Waals surface area contributed by atoms with Gasteiger partial charge in [-0.1, -0.05) is 24.3 Å². The summed E-state index contributed by atoms with van der Waals surface area (Å²) in [5, 5.41) is 0. The number of halogens is 1. The van der Waals surface area contributed by atoms with E-state index in [1.807, 2.05) is 0 Å². The highest BCUT2D eigenvalue weighted by Gasteiger charge is 2.40. The number of hydrogen-bond acceptors (Lipinski definition) is 2. The molecular weight excluding hydrogens is 255 g/mol. The summed E-state index contributed by atoms with van der Waals surface area (Å²) in [6.07, 6.45) is 5.90. The van der Waals surface area contributed by atoms with Gasteiger partial charge in [0.25, 0.3) is 0 Å². The van der Waals surface area contributed by atoms with E-state index in [0.29, 0.717) is 31.2 Å². The fourth-order valence-corrected chi connectivity index (χ4v) is 2.41. The molecule has 2 nitrogen and oxygen atoms in total. The molecule has 0 amide bonds. The first-order valence-electron chi connectivity index (χ1n) is 6.67. The maximum Gasteiger partial charge on any atom is 0.316 e. The standard InChI is InChI=1S/C17H21FO2/c1-4-6-11-17(12-7-5-2,16(19)20-3)14-9-8-10-15(18)13-14/h4-5,8-10,13H,1-2,6-7,11-12H2,3H3. The molecule has 20 heavy (non-hydrogen) atoms. The molecule has 0 spiro atoms. The Morgan fingerprint density at radius 3 is 2.35 bits per heavy atom. The molecule has 0 radical (unpaired) electrons. The fraction of sp³-hybridized carbons (Fsp3) is 0.353. The summed E-state index contributed by atoms with van der Waals surface area (Å²) in [7, 11) is 1.36. The molecule has 0 fully saturated rings. The van der Waals surface area contributed by atoms with Crippen LogP contribution in [-0.4, -0.2) is 13.1 Å². The van der Waals surface area contributed by atoms with Crippen LogP contribution in [-0.2, 0) is 14.9 Å². The maximum atomic E-state index is 13.5. The van der Waals surface area contributed by atoms with Gasteiger partial charge in [0, 0.05) is 0 Å². The molecular formula is C17H21FO2. The smallest absolute Gasteiger partial charge is 0.316 e. The van der Waals surface area contributed by atoms with Gasteiger partial charge in [-0.3, -0.25) is 4.79 Å². The van der Waals surface area contributed by atoms with Gasteiger partial charge < -0.3 is 4.74 Å². The third kappa shape index (κ3) is 3.56. The molecule has 3 heteroatoms. The zero-order valence-corrected chi connectivity index (χ0v) is 11.9. The van der Waals surface area contributed by atoms with E-state index >= 15 is 0 Å². The molecule has 0 N–H and O–H groups in total. The molecule has 0 unspecified atom stereocenters. The Labute approximate surface area is 120 Å². The second-order valence-electron chi connectivity index (χ2n) is 4.74. The summed E-state index contributed by atoms with van der Waals surface area (Å²) >= 11 is 0. The van der Waals surface area contributed by atoms with Crippen LogP contribution in [0.1, 0.15) is 31.2 Å². The number of benzene rings is 1. The lowest BCUT2D eigenvalue weighted by molar-refractivity contribution is -0.148. The Morgan fingerprint density at radius 1 is 1.30 bits per heavy atom. The number of ether oxygens (including phenoxy) is 1. The highest BCUT2D eigenvalue weighted by Crippen LogP contribution is 2.36. The molecule has 0 aliphatic carbocycles. The lowest BCUT2D eigenvalue weighted by atomic mass is 9.73. The average molecular weight is 276 g/mol. The molecule has 0 bridgehead atoms. The summed E-state index contributed by atoms with van der Waals surface area (Å²) in [4.78, 5) is 12.3. The van der Waals surface area contributed by atoms with Gasteiger partial charge in [-0.2, -0.15) is 0 Å². The molecule has 0 atom stereocenters. The van der Waals surface area contributed by atoms with Gasteiger partial charge in [0.15, 0.2) is 0 Å². The number of esters is 1. The highest BCUT2D eigenvalue weighted by atomic mass is 19.1. The van der Waals surface area contributed by atoms with E-state index in [4.69, 9.17) is 4.74 Å². The van der Waals surface area contributed by atoms with Gasteiger partial charge in [0.1, 0.15) is 5.82 Å². The second kappa shape index (κ2) is 7.63. The van der Waals surface area contributed by atoms with Crippen LogP contribution in [0.15, 0.2) is 49.6 Å². The summed E-state index contributed by atoms with van der Waals surface area (Å²) < 4.78 is 18.5. The first kappa shape index (κ1) is 16.2. The van der Waals surface area contributed by atoms with Gasteiger partial charge in [-0.15, -0.1) is 13.2 Å². The number of methoxy groups -OCH3 is 1. The number of rotatable bonds is 8. The van der Waals surface area contributed by atoms with Crippen molar-refractivity contribution in [2.45, 2.75) is 31.1 Å². The zero-order chi connectivity index (χ0) is 15.0. The van der Waals surface area contributed by atoms with Crippen LogP contribution in [0.5, 0.6) is 0 Å². The van der Waals surface area contributed by atoms with E-state index in [0.717, 1.165) is 0 Å². The fourth-order valence-electron chi connectivity index (χ4n) is 2.41. The monoisotopic (exact) mass is 276 g/mol. The number of allylic oxidation sites excluding steroid dienone is 2. The van der Waals surface area contributed by atoms with E-state index in [2.05, 4.69) is 13.2 Å². The van der Waals surface area contributed by atoms with E-state index in [-0.39, 0.29) is 11.8 Å². The topological polar surface area (TPSA) is 26.3 Å². The lowest BCUT2D eigenvalue weighted by Crippen LogP contribution is -2.37. The van der Waals surface area contributed by atoms with Crippen molar-refractivity contribution in [3.63, 3.8) is 0 Å². The van der Waals surface area contributed by atoms with Crippen molar-refractivity contribution in [3.8, 4) is 0 Å². The van der Waals surface area contributed by atoms with Crippen LogP contribution >= 0.6 is 0 Å². The van der Waals surface area contributed by atoms with E-state index in [9.17, 15) is 9.18 Å². The van der Waals surface area contributed by atoms with Gasteiger partial charge in [0.05, 0.1) is 12.5 Å². The second-order valence-corrected chi connectivity index (χ2v) is 4.74. The Hall–Kier alpha value is -1.90. The predicted molar refractivity (Wildman–Crippen MR) is 79.0 cm³/mol. The minimum absolute atomic E-state index is 0.341. The quantitative estimate of drug-likeness (QED) is 0.526. The molecule has 0 aromatic heterocycles. The van der Waals surface area contributed by atoms with Crippen LogP contribution in [0.25, 0.3) is 0 Å². The van der Waals surface area contributed by atoms with Crippen molar-refractivity contribution in [1.82, 2.24) is 0 Å². The molecule has 0 saturated carbocycles. The Kier molecular flexibility index (Phi) is 6.16. The molecule has 108 valence electrons. The lowest BCUT2D eigenvalue weighted by Gasteiger charge is -2.31. The molecule has 1 rings (SSSR count). The molecule has 1 aromatic carbocycles. The first-order chi connectivity index (χ1) is 9.60. The van der Waals surface area contributed by atoms with Crippen molar-refractivity contribution in [1.29, 1.82) is 0 Å². The third-order valence-electron chi connectivity index (χ3n) is 3.50. The minimum atomic E-state index is -0.848. The van der Waals surface area contributed by atoms with Crippen LogP contribution in [0, 0.1) is 5.82 Å². The van der Waals surface area contributed by atoms with E-state index < -0.39 is 5.41 Å². The van der Waals surface area contributed by atoms with Crippen LogP contribution in [0.3, 0.4) is 0 Å². The number of carbonyl (C=O) groups is 1. The average Bonchev–Trinajstić information content (AvgIpc) is 2.47. The molecule has 0 aliphatic rings. The van der Waals surface area contributed by atoms with Crippen molar-refractivity contribution < 1.29 is 13.9 Å². The van der Waals surface area contributed by atoms with Gasteiger partial charge >= 0.3 is 5.97 Å². The highest BCUT2D eigenvalue weighted by molar-refractivity contribution is 5.83. The van der Waals surface area contributed by atoms with Crippen molar-refractivity contribution >= 4 is 5.97 Å². The van der Waals surface area contributed by atoms with E-state index in [1.165, 1.54) is 19.2 Å². The van der Waals surface area contributed by atoms with Crippen molar-refractivity contribution in [2.24, 2.45) is 0 Å². The zero-order valence-electron chi connectivity index (χ0n) is 11.9. The van der Waals surface area contributed by atoms with Gasteiger partial charge in [-0.25, -0.2) is 4.39 Å². The third-order valence-corrected chi connectivity index (χ3v) is 3.50. The molecule has 0 saturated heterocycles. The summed E-state index contributed by atoms with van der Waals surface area (Å²) in [6.45, 7) is 7.39. The largest absolute Gasteiger partial charge is 0.468 e. The Bertz CT molecular complexity index is 468. The molecule has 0 aliphatic heterocycles.